The summed E-state index contributed by atoms with van der Waals surface area (Å²) in [6, 6.07) is 0. The van der Waals surface area contributed by atoms with Gasteiger partial charge in [-0.05, 0) is 6.92 Å². The van der Waals surface area contributed by atoms with Crippen molar-refractivity contribution in [3.63, 3.8) is 0 Å². The zero-order chi connectivity index (χ0) is 20.2. The average Bonchev–Trinajstić information content (AvgIpc) is 2.20. The third-order valence-corrected chi connectivity index (χ3v) is 6.53. The number of alkyl halides is 11. The molecule has 1 unspecified atom stereocenters. The summed E-state index contributed by atoms with van der Waals surface area (Å²) in [6.45, 7) is -0.925. The molecule has 0 bridgehead atoms. The standard InChI is InChI=1S/C6H4F11NO4S2/c1-2(7,4(9,10)11)23(19,20)18-24(21,22)3(8,5(12,13)14)6(15,16)17/h18H,1H3. The summed E-state index contributed by atoms with van der Waals surface area (Å²) < 4.78 is 179. The monoisotopic (exact) mass is 427 g/mol. The van der Waals surface area contributed by atoms with Crippen molar-refractivity contribution in [3.8, 4) is 0 Å². The largest absolute Gasteiger partial charge is 0.448 e. The molecule has 0 heterocycles. The second kappa shape index (κ2) is 5.55. The van der Waals surface area contributed by atoms with E-state index in [0.29, 0.717) is 0 Å². The highest BCUT2D eigenvalue weighted by atomic mass is 32.3. The molecule has 0 aliphatic heterocycles. The summed E-state index contributed by atoms with van der Waals surface area (Å²) in [5, 5.41) is -13.0. The highest BCUT2D eigenvalue weighted by molar-refractivity contribution is 8.05. The van der Waals surface area contributed by atoms with Crippen molar-refractivity contribution in [2.24, 2.45) is 0 Å². The molecule has 1 atom stereocenters. The molecular formula is C6H4F11NO4S2. The van der Waals surface area contributed by atoms with Gasteiger partial charge in [0.2, 0.25) is 0 Å². The molecule has 0 radical (unpaired) electrons. The van der Waals surface area contributed by atoms with Gasteiger partial charge in [0.1, 0.15) is 0 Å². The van der Waals surface area contributed by atoms with Crippen molar-refractivity contribution in [1.82, 2.24) is 4.13 Å². The number of halogens is 11. The third-order valence-electron chi connectivity index (χ3n) is 2.33. The Morgan fingerprint density at radius 2 is 0.875 bits per heavy atom. The molecule has 146 valence electrons. The van der Waals surface area contributed by atoms with E-state index in [1.54, 1.807) is 0 Å². The quantitative estimate of drug-likeness (QED) is 0.699. The highest BCUT2D eigenvalue weighted by Gasteiger charge is 2.82. The van der Waals surface area contributed by atoms with E-state index in [-0.39, 0.29) is 0 Å². The van der Waals surface area contributed by atoms with Gasteiger partial charge in [-0.2, -0.15) is 39.5 Å². The summed E-state index contributed by atoms with van der Waals surface area (Å²) in [5.41, 5.74) is 0. The Hall–Kier alpha value is -0.910. The molecule has 0 saturated heterocycles. The van der Waals surface area contributed by atoms with Gasteiger partial charge < -0.3 is 0 Å². The van der Waals surface area contributed by atoms with Crippen molar-refractivity contribution in [3.05, 3.63) is 0 Å². The van der Waals surface area contributed by atoms with Crippen molar-refractivity contribution < 1.29 is 65.1 Å². The van der Waals surface area contributed by atoms with E-state index in [1.165, 1.54) is 0 Å². The summed E-state index contributed by atoms with van der Waals surface area (Å²) in [7, 11) is -15.0. The lowest BCUT2D eigenvalue weighted by Crippen LogP contribution is -2.64. The third kappa shape index (κ3) is 3.39. The molecule has 0 aromatic carbocycles. The average molecular weight is 427 g/mol. The number of hydrogen-bond donors (Lipinski definition) is 1. The molecule has 0 aromatic heterocycles. The van der Waals surface area contributed by atoms with E-state index in [0.717, 1.165) is 0 Å². The van der Waals surface area contributed by atoms with Crippen LogP contribution in [0, 0.1) is 0 Å². The highest BCUT2D eigenvalue weighted by Crippen LogP contribution is 2.50. The van der Waals surface area contributed by atoms with Crippen LogP contribution in [0.3, 0.4) is 0 Å². The van der Waals surface area contributed by atoms with Crippen molar-refractivity contribution in [2.75, 3.05) is 0 Å². The Morgan fingerprint density at radius 1 is 0.583 bits per heavy atom. The van der Waals surface area contributed by atoms with Gasteiger partial charge in [-0.3, -0.25) is 0 Å². The van der Waals surface area contributed by atoms with Crippen LogP contribution in [0.2, 0.25) is 0 Å². The van der Waals surface area contributed by atoms with Gasteiger partial charge in [0.15, 0.2) is 0 Å². The first kappa shape index (κ1) is 23.1. The molecule has 24 heavy (non-hydrogen) atoms. The summed E-state index contributed by atoms with van der Waals surface area (Å²) in [5.74, 6) is 0. The number of rotatable bonds is 4. The van der Waals surface area contributed by atoms with Crippen LogP contribution in [0.25, 0.3) is 0 Å². The van der Waals surface area contributed by atoms with Gasteiger partial charge >= 0.3 is 28.5 Å². The van der Waals surface area contributed by atoms with Gasteiger partial charge in [0.05, 0.1) is 0 Å². The maximum absolute atomic E-state index is 13.2. The van der Waals surface area contributed by atoms with Gasteiger partial charge in [-0.15, -0.1) is 4.13 Å². The predicted octanol–water partition coefficient (Wildman–Crippen LogP) is 2.27. The molecule has 0 fully saturated rings. The number of nitrogens with one attached hydrogen (secondary N) is 1. The fraction of sp³-hybridized carbons (Fsp3) is 1.00. The van der Waals surface area contributed by atoms with Crippen LogP contribution in [-0.4, -0.2) is 45.4 Å². The van der Waals surface area contributed by atoms with Crippen molar-refractivity contribution in [2.45, 2.75) is 35.5 Å². The Kier molecular flexibility index (Phi) is 5.34. The molecule has 0 amide bonds. The molecule has 0 rings (SSSR count). The van der Waals surface area contributed by atoms with Gasteiger partial charge in [0.25, 0.3) is 20.0 Å². The zero-order valence-electron chi connectivity index (χ0n) is 10.6. The fourth-order valence-corrected chi connectivity index (χ4v) is 4.05. The van der Waals surface area contributed by atoms with Crippen LogP contribution in [0.4, 0.5) is 48.3 Å². The van der Waals surface area contributed by atoms with E-state index >= 15 is 0 Å². The van der Waals surface area contributed by atoms with Gasteiger partial charge in [-0.25, -0.2) is 25.6 Å². The second-order valence-electron chi connectivity index (χ2n) is 4.10. The van der Waals surface area contributed by atoms with Crippen LogP contribution >= 0.6 is 0 Å². The molecule has 0 aliphatic carbocycles. The SMILES string of the molecule is CC(F)(C(F)(F)F)S(=O)(=O)NS(=O)(=O)C(F)(C(F)(F)F)C(F)(F)F. The lowest BCUT2D eigenvalue weighted by molar-refractivity contribution is -0.306. The van der Waals surface area contributed by atoms with Crippen LogP contribution in [0.1, 0.15) is 6.92 Å². The maximum atomic E-state index is 13.2. The Bertz CT molecular complexity index is 669. The lowest BCUT2D eigenvalue weighted by Gasteiger charge is -2.30. The molecule has 0 saturated carbocycles. The topological polar surface area (TPSA) is 80.3 Å². The lowest BCUT2D eigenvalue weighted by atomic mass is 10.3. The molecule has 5 nitrogen and oxygen atoms in total. The number of hydrogen-bond acceptors (Lipinski definition) is 4. The normalized spacial score (nSPS) is 18.3. The van der Waals surface area contributed by atoms with Crippen LogP contribution in [0.5, 0.6) is 0 Å². The van der Waals surface area contributed by atoms with Crippen LogP contribution in [0.15, 0.2) is 0 Å². The minimum atomic E-state index is -7.83. The van der Waals surface area contributed by atoms with E-state index in [1.807, 2.05) is 0 Å². The van der Waals surface area contributed by atoms with Crippen molar-refractivity contribution >= 4 is 20.0 Å². The Morgan fingerprint density at radius 3 is 1.08 bits per heavy atom. The molecule has 0 aliphatic rings. The van der Waals surface area contributed by atoms with E-state index in [4.69, 9.17) is 0 Å². The summed E-state index contributed by atoms with van der Waals surface area (Å²) in [6.07, 6.45) is -21.2. The minimum absolute atomic E-state index is 0.832. The summed E-state index contributed by atoms with van der Waals surface area (Å²) in [4.78, 5) is 0. The zero-order valence-corrected chi connectivity index (χ0v) is 12.2. The first-order valence-corrected chi connectivity index (χ1v) is 7.78. The maximum Gasteiger partial charge on any atom is 0.448 e. The minimum Gasteiger partial charge on any atom is -0.215 e. The first-order valence-electron chi connectivity index (χ1n) is 4.81. The molecular weight excluding hydrogens is 423 g/mol. The van der Waals surface area contributed by atoms with E-state index < -0.39 is 59.6 Å². The fourth-order valence-electron chi connectivity index (χ4n) is 0.898. The number of sulfonamides is 2. The first-order chi connectivity index (χ1) is 9.96. The molecule has 1 N–H and O–H groups in total. The van der Waals surface area contributed by atoms with Crippen LogP contribution < -0.4 is 4.13 Å². The second-order valence-corrected chi connectivity index (χ2v) is 8.11. The molecule has 0 spiro atoms. The smallest absolute Gasteiger partial charge is 0.215 e. The molecule has 0 aromatic rings. The van der Waals surface area contributed by atoms with Crippen molar-refractivity contribution in [1.29, 1.82) is 0 Å². The van der Waals surface area contributed by atoms with E-state index in [9.17, 15) is 65.1 Å². The summed E-state index contributed by atoms with van der Waals surface area (Å²) >= 11 is 0. The Balaban J connectivity index is 6.41. The Labute approximate surface area is 125 Å². The van der Waals surface area contributed by atoms with Gasteiger partial charge in [-0.1, -0.05) is 0 Å². The molecule has 18 heteroatoms. The van der Waals surface area contributed by atoms with Crippen LogP contribution in [-0.2, 0) is 20.0 Å². The van der Waals surface area contributed by atoms with Gasteiger partial charge in [0, 0.05) is 0 Å². The predicted molar refractivity (Wildman–Crippen MR) is 52.5 cm³/mol. The van der Waals surface area contributed by atoms with E-state index in [2.05, 4.69) is 0 Å².